The first kappa shape index (κ1) is 13.5. The van der Waals surface area contributed by atoms with Crippen LogP contribution >= 0.6 is 0 Å². The van der Waals surface area contributed by atoms with Crippen LogP contribution in [0.2, 0.25) is 0 Å². The van der Waals surface area contributed by atoms with E-state index in [1.54, 1.807) is 0 Å². The molecule has 1 aliphatic rings. The van der Waals surface area contributed by atoms with Gasteiger partial charge in [-0.3, -0.25) is 0 Å². The van der Waals surface area contributed by atoms with Crippen molar-refractivity contribution in [1.29, 1.82) is 0 Å². The van der Waals surface area contributed by atoms with Gasteiger partial charge in [0.15, 0.2) is 0 Å². The molecule has 0 spiro atoms. The van der Waals surface area contributed by atoms with Crippen LogP contribution in [0.4, 0.5) is 4.39 Å². The summed E-state index contributed by atoms with van der Waals surface area (Å²) in [5.41, 5.74) is 1.01. The van der Waals surface area contributed by atoms with Gasteiger partial charge in [-0.2, -0.15) is 0 Å². The fourth-order valence-electron chi connectivity index (χ4n) is 2.77. The first-order valence-corrected chi connectivity index (χ1v) is 7.09. The second kappa shape index (κ2) is 5.83. The van der Waals surface area contributed by atoms with Crippen molar-refractivity contribution in [2.24, 2.45) is 5.92 Å². The number of hydrogen-bond acceptors (Lipinski definition) is 1. The third kappa shape index (κ3) is 3.32. The number of halogens is 1. The van der Waals surface area contributed by atoms with Crippen LogP contribution in [0.5, 0.6) is 0 Å². The minimum Gasteiger partial charge on any atom is -0.317 e. The Kier molecular flexibility index (Phi) is 4.39. The van der Waals surface area contributed by atoms with E-state index < -0.39 is 5.67 Å². The molecule has 1 heterocycles. The highest BCUT2D eigenvalue weighted by molar-refractivity contribution is 5.29. The first-order valence-electron chi connectivity index (χ1n) is 7.09. The molecule has 2 rings (SSSR count). The van der Waals surface area contributed by atoms with Gasteiger partial charge in [0.25, 0.3) is 0 Å². The van der Waals surface area contributed by atoms with Crippen LogP contribution in [0.25, 0.3) is 0 Å². The Balaban J connectivity index is 2.20. The number of hydrogen-bond donors (Lipinski definition) is 1. The van der Waals surface area contributed by atoms with E-state index >= 15 is 4.39 Å². The largest absolute Gasteiger partial charge is 0.317 e. The zero-order chi connectivity index (χ0) is 13.0. The lowest BCUT2D eigenvalue weighted by molar-refractivity contribution is 0.145. The molecule has 1 aromatic carbocycles. The molecule has 1 aromatic rings. The molecule has 2 heteroatoms. The second-order valence-corrected chi connectivity index (χ2v) is 5.87. The molecule has 1 N–H and O–H groups in total. The quantitative estimate of drug-likeness (QED) is 0.858. The van der Waals surface area contributed by atoms with Crippen molar-refractivity contribution in [3.05, 3.63) is 35.4 Å². The number of benzene rings is 1. The molecule has 0 amide bonds. The van der Waals surface area contributed by atoms with Gasteiger partial charge in [0.05, 0.1) is 0 Å². The number of rotatable bonds is 3. The highest BCUT2D eigenvalue weighted by Crippen LogP contribution is 2.36. The molecule has 0 aliphatic carbocycles. The summed E-state index contributed by atoms with van der Waals surface area (Å²) < 4.78 is 15.0. The lowest BCUT2D eigenvalue weighted by Crippen LogP contribution is -2.22. The summed E-state index contributed by atoms with van der Waals surface area (Å²) in [6.07, 6.45) is 3.19. The summed E-state index contributed by atoms with van der Waals surface area (Å²) >= 11 is 0. The summed E-state index contributed by atoms with van der Waals surface area (Å²) in [5.74, 6) is 0.617. The Morgan fingerprint density at radius 3 is 2.89 bits per heavy atom. The monoisotopic (exact) mass is 249 g/mol. The molecule has 0 radical (unpaired) electrons. The van der Waals surface area contributed by atoms with Gasteiger partial charge in [0.1, 0.15) is 5.67 Å². The van der Waals surface area contributed by atoms with Crippen LogP contribution in [0.15, 0.2) is 24.3 Å². The predicted octanol–water partition coefficient (Wildman–Crippen LogP) is 3.82. The van der Waals surface area contributed by atoms with E-state index in [2.05, 4.69) is 31.3 Å². The van der Waals surface area contributed by atoms with Crippen LogP contribution in [0.3, 0.4) is 0 Å². The highest BCUT2D eigenvalue weighted by Gasteiger charge is 2.32. The van der Waals surface area contributed by atoms with E-state index in [0.29, 0.717) is 18.8 Å². The van der Waals surface area contributed by atoms with Crippen LogP contribution < -0.4 is 5.32 Å². The lowest BCUT2D eigenvalue weighted by Gasteiger charge is -2.24. The maximum Gasteiger partial charge on any atom is 0.137 e. The summed E-state index contributed by atoms with van der Waals surface area (Å²) in [6.45, 7) is 6.13. The molecule has 0 bridgehead atoms. The maximum absolute atomic E-state index is 15.0. The molecule has 1 atom stereocenters. The van der Waals surface area contributed by atoms with E-state index in [0.717, 1.165) is 31.5 Å². The van der Waals surface area contributed by atoms with Crippen molar-refractivity contribution >= 4 is 0 Å². The average Bonchev–Trinajstić information content (AvgIpc) is 2.55. The summed E-state index contributed by atoms with van der Waals surface area (Å²) in [4.78, 5) is 0. The zero-order valence-electron chi connectivity index (χ0n) is 11.5. The minimum atomic E-state index is -1.13. The summed E-state index contributed by atoms with van der Waals surface area (Å²) in [5, 5.41) is 3.28. The molecule has 100 valence electrons. The van der Waals surface area contributed by atoms with Crippen molar-refractivity contribution in [2.75, 3.05) is 13.1 Å². The topological polar surface area (TPSA) is 12.0 Å². The molecular weight excluding hydrogens is 225 g/mol. The molecule has 1 aliphatic heterocycles. The molecule has 1 saturated heterocycles. The van der Waals surface area contributed by atoms with E-state index in [1.807, 2.05) is 12.1 Å². The van der Waals surface area contributed by atoms with Gasteiger partial charge in [-0.15, -0.1) is 0 Å². The lowest BCUT2D eigenvalue weighted by atomic mass is 9.87. The molecule has 0 aromatic heterocycles. The van der Waals surface area contributed by atoms with E-state index in [9.17, 15) is 0 Å². The van der Waals surface area contributed by atoms with Gasteiger partial charge in [-0.25, -0.2) is 4.39 Å². The van der Waals surface area contributed by atoms with Crippen molar-refractivity contribution in [3.8, 4) is 0 Å². The molecule has 1 fully saturated rings. The standard InChI is InChI=1S/C16H24FN/c1-13(2)11-14-5-3-6-15(12-14)16(17)7-4-9-18-10-8-16/h3,5-6,12-13,18H,4,7-11H2,1-2H3. The van der Waals surface area contributed by atoms with Crippen LogP contribution in [0, 0.1) is 5.92 Å². The van der Waals surface area contributed by atoms with Gasteiger partial charge >= 0.3 is 0 Å². The van der Waals surface area contributed by atoms with Crippen molar-refractivity contribution in [1.82, 2.24) is 5.32 Å². The van der Waals surface area contributed by atoms with Crippen molar-refractivity contribution in [3.63, 3.8) is 0 Å². The fraction of sp³-hybridized carbons (Fsp3) is 0.625. The second-order valence-electron chi connectivity index (χ2n) is 5.87. The predicted molar refractivity (Wildman–Crippen MR) is 74.5 cm³/mol. The Hall–Kier alpha value is -0.890. The SMILES string of the molecule is CC(C)Cc1cccc(C2(F)CCCNCC2)c1. The fourth-order valence-corrected chi connectivity index (χ4v) is 2.77. The van der Waals surface area contributed by atoms with E-state index in [4.69, 9.17) is 0 Å². The van der Waals surface area contributed by atoms with E-state index in [-0.39, 0.29) is 0 Å². The van der Waals surface area contributed by atoms with Gasteiger partial charge in [-0.05, 0) is 55.8 Å². The van der Waals surface area contributed by atoms with Gasteiger partial charge in [0, 0.05) is 0 Å². The Morgan fingerprint density at radius 1 is 1.28 bits per heavy atom. The summed E-state index contributed by atoms with van der Waals surface area (Å²) in [7, 11) is 0. The van der Waals surface area contributed by atoms with Gasteiger partial charge < -0.3 is 5.32 Å². The van der Waals surface area contributed by atoms with E-state index in [1.165, 1.54) is 5.56 Å². The molecular formula is C16H24FN. The van der Waals surface area contributed by atoms with Crippen LogP contribution in [-0.4, -0.2) is 13.1 Å². The van der Waals surface area contributed by atoms with Crippen LogP contribution in [0.1, 0.15) is 44.2 Å². The first-order chi connectivity index (χ1) is 8.60. The van der Waals surface area contributed by atoms with Crippen LogP contribution in [-0.2, 0) is 12.1 Å². The highest BCUT2D eigenvalue weighted by atomic mass is 19.1. The van der Waals surface area contributed by atoms with Gasteiger partial charge in [0.2, 0.25) is 0 Å². The van der Waals surface area contributed by atoms with Crippen molar-refractivity contribution in [2.45, 2.75) is 45.2 Å². The maximum atomic E-state index is 15.0. The normalized spacial score (nSPS) is 25.1. The van der Waals surface area contributed by atoms with Gasteiger partial charge in [-0.1, -0.05) is 38.1 Å². The van der Waals surface area contributed by atoms with Crippen molar-refractivity contribution < 1.29 is 4.39 Å². The Labute approximate surface area is 110 Å². The Bertz CT molecular complexity index is 378. The smallest absolute Gasteiger partial charge is 0.137 e. The molecule has 1 nitrogen and oxygen atoms in total. The average molecular weight is 249 g/mol. The third-order valence-electron chi connectivity index (χ3n) is 3.71. The number of alkyl halides is 1. The zero-order valence-corrected chi connectivity index (χ0v) is 11.5. The molecule has 18 heavy (non-hydrogen) atoms. The Morgan fingerprint density at radius 2 is 2.11 bits per heavy atom. The summed E-state index contributed by atoms with van der Waals surface area (Å²) in [6, 6.07) is 8.15. The minimum absolute atomic E-state index is 0.595. The molecule has 0 saturated carbocycles. The third-order valence-corrected chi connectivity index (χ3v) is 3.71. The number of nitrogens with one attached hydrogen (secondary N) is 1. The molecule has 1 unspecified atom stereocenters.